The fourth-order valence-corrected chi connectivity index (χ4v) is 2.99. The molecule has 1 fully saturated rings. The van der Waals surface area contributed by atoms with E-state index in [9.17, 15) is 14.7 Å². The third-order valence-corrected chi connectivity index (χ3v) is 4.56. The fourth-order valence-electron chi connectivity index (χ4n) is 2.99. The largest absolute Gasteiger partial charge is 0.480 e. The molecule has 1 aliphatic carbocycles. The maximum atomic E-state index is 12.0. The SMILES string of the molecule is CCCCC(CC)CNC(=O)NC1(C(=O)O)CCCCC1. The van der Waals surface area contributed by atoms with Gasteiger partial charge in [0, 0.05) is 6.54 Å². The van der Waals surface area contributed by atoms with Crippen LogP contribution in [-0.2, 0) is 4.79 Å². The highest BCUT2D eigenvalue weighted by molar-refractivity contribution is 5.86. The monoisotopic (exact) mass is 298 g/mol. The summed E-state index contributed by atoms with van der Waals surface area (Å²) in [6, 6.07) is -0.339. The highest BCUT2D eigenvalue weighted by Crippen LogP contribution is 2.28. The van der Waals surface area contributed by atoms with Crippen LogP contribution in [0, 0.1) is 5.92 Å². The standard InChI is InChI=1S/C16H30N2O3/c1-3-5-9-13(4-2)12-17-15(21)18-16(14(19)20)10-7-6-8-11-16/h13H,3-12H2,1-2H3,(H,19,20)(H2,17,18,21). The zero-order valence-corrected chi connectivity index (χ0v) is 13.4. The lowest BCUT2D eigenvalue weighted by Gasteiger charge is -2.34. The summed E-state index contributed by atoms with van der Waals surface area (Å²) in [6.45, 7) is 4.91. The number of amides is 2. The Morgan fingerprint density at radius 1 is 1.19 bits per heavy atom. The number of carbonyl (C=O) groups excluding carboxylic acids is 1. The number of rotatable bonds is 8. The van der Waals surface area contributed by atoms with Crippen molar-refractivity contribution < 1.29 is 14.7 Å². The first kappa shape index (κ1) is 17.8. The van der Waals surface area contributed by atoms with Gasteiger partial charge in [-0.05, 0) is 25.2 Å². The third-order valence-electron chi connectivity index (χ3n) is 4.56. The van der Waals surface area contributed by atoms with Crippen molar-refractivity contribution in [2.24, 2.45) is 5.92 Å². The molecule has 0 aromatic heterocycles. The molecule has 2 amide bonds. The molecule has 21 heavy (non-hydrogen) atoms. The summed E-state index contributed by atoms with van der Waals surface area (Å²) in [6.07, 6.45) is 8.30. The second kappa shape index (κ2) is 8.90. The van der Waals surface area contributed by atoms with Gasteiger partial charge in [-0.1, -0.05) is 52.4 Å². The number of aliphatic carboxylic acids is 1. The molecule has 0 radical (unpaired) electrons. The molecular weight excluding hydrogens is 268 g/mol. The van der Waals surface area contributed by atoms with E-state index in [0.717, 1.165) is 38.5 Å². The number of hydrogen-bond donors (Lipinski definition) is 3. The number of carbonyl (C=O) groups is 2. The molecule has 0 spiro atoms. The highest BCUT2D eigenvalue weighted by Gasteiger charge is 2.40. The van der Waals surface area contributed by atoms with Crippen molar-refractivity contribution in [2.45, 2.75) is 77.2 Å². The maximum Gasteiger partial charge on any atom is 0.329 e. The van der Waals surface area contributed by atoms with Crippen molar-refractivity contribution in [1.82, 2.24) is 10.6 Å². The van der Waals surface area contributed by atoms with Gasteiger partial charge < -0.3 is 15.7 Å². The first-order chi connectivity index (χ1) is 10.0. The van der Waals surface area contributed by atoms with Crippen molar-refractivity contribution in [3.8, 4) is 0 Å². The molecule has 5 heteroatoms. The molecule has 3 N–H and O–H groups in total. The molecular formula is C16H30N2O3. The Kier molecular flexibility index (Phi) is 7.54. The van der Waals surface area contributed by atoms with E-state index in [0.29, 0.717) is 25.3 Å². The molecule has 0 aromatic carbocycles. The predicted octanol–water partition coefficient (Wildman–Crippen LogP) is 3.29. The number of urea groups is 1. The molecule has 1 saturated carbocycles. The van der Waals surface area contributed by atoms with Crippen molar-refractivity contribution in [3.63, 3.8) is 0 Å². The van der Waals surface area contributed by atoms with Crippen LogP contribution in [0.4, 0.5) is 4.79 Å². The molecule has 0 aliphatic heterocycles. The van der Waals surface area contributed by atoms with Crippen LogP contribution >= 0.6 is 0 Å². The molecule has 1 aliphatic rings. The first-order valence-corrected chi connectivity index (χ1v) is 8.33. The lowest BCUT2D eigenvalue weighted by molar-refractivity contribution is -0.145. The van der Waals surface area contributed by atoms with Crippen LogP contribution in [0.2, 0.25) is 0 Å². The van der Waals surface area contributed by atoms with Crippen LogP contribution in [0.5, 0.6) is 0 Å². The van der Waals surface area contributed by atoms with Crippen molar-refractivity contribution in [2.75, 3.05) is 6.54 Å². The van der Waals surface area contributed by atoms with Gasteiger partial charge in [0.05, 0.1) is 0 Å². The fraction of sp³-hybridized carbons (Fsp3) is 0.875. The van der Waals surface area contributed by atoms with Crippen LogP contribution in [0.15, 0.2) is 0 Å². The number of carboxylic acids is 1. The van der Waals surface area contributed by atoms with Crippen molar-refractivity contribution in [1.29, 1.82) is 0 Å². The molecule has 122 valence electrons. The highest BCUT2D eigenvalue weighted by atomic mass is 16.4. The minimum atomic E-state index is -1.06. The van der Waals surface area contributed by atoms with Gasteiger partial charge in [0.2, 0.25) is 0 Å². The third kappa shape index (κ3) is 5.56. The molecule has 0 heterocycles. The van der Waals surface area contributed by atoms with Gasteiger partial charge in [-0.3, -0.25) is 0 Å². The van der Waals surface area contributed by atoms with Gasteiger partial charge in [-0.15, -0.1) is 0 Å². The molecule has 1 unspecified atom stereocenters. The molecule has 1 atom stereocenters. The Morgan fingerprint density at radius 2 is 1.86 bits per heavy atom. The summed E-state index contributed by atoms with van der Waals surface area (Å²) in [5.74, 6) is -0.432. The van der Waals surface area contributed by atoms with E-state index < -0.39 is 11.5 Å². The molecule has 0 aromatic rings. The average molecular weight is 298 g/mol. The molecule has 0 saturated heterocycles. The normalized spacial score (nSPS) is 18.8. The van der Waals surface area contributed by atoms with Gasteiger partial charge in [0.25, 0.3) is 0 Å². The summed E-state index contributed by atoms with van der Waals surface area (Å²) in [7, 11) is 0. The Morgan fingerprint density at radius 3 is 2.38 bits per heavy atom. The van der Waals surface area contributed by atoms with E-state index in [-0.39, 0.29) is 6.03 Å². The van der Waals surface area contributed by atoms with E-state index in [2.05, 4.69) is 24.5 Å². The number of hydrogen-bond acceptors (Lipinski definition) is 2. The lowest BCUT2D eigenvalue weighted by atomic mass is 9.82. The summed E-state index contributed by atoms with van der Waals surface area (Å²) < 4.78 is 0. The van der Waals surface area contributed by atoms with E-state index in [1.165, 1.54) is 6.42 Å². The molecule has 0 bridgehead atoms. The van der Waals surface area contributed by atoms with Gasteiger partial charge in [0.1, 0.15) is 5.54 Å². The summed E-state index contributed by atoms with van der Waals surface area (Å²) in [4.78, 5) is 23.5. The van der Waals surface area contributed by atoms with E-state index in [1.807, 2.05) is 0 Å². The quantitative estimate of drug-likeness (QED) is 0.643. The number of nitrogens with one attached hydrogen (secondary N) is 2. The van der Waals surface area contributed by atoms with Crippen LogP contribution < -0.4 is 10.6 Å². The van der Waals surface area contributed by atoms with Gasteiger partial charge in [-0.25, -0.2) is 9.59 Å². The van der Waals surface area contributed by atoms with E-state index in [4.69, 9.17) is 0 Å². The van der Waals surface area contributed by atoms with E-state index >= 15 is 0 Å². The van der Waals surface area contributed by atoms with Crippen molar-refractivity contribution in [3.05, 3.63) is 0 Å². The summed E-state index contributed by atoms with van der Waals surface area (Å²) in [5, 5.41) is 15.0. The lowest BCUT2D eigenvalue weighted by Crippen LogP contribution is -2.58. The van der Waals surface area contributed by atoms with Gasteiger partial charge in [-0.2, -0.15) is 0 Å². The Labute approximate surface area is 127 Å². The van der Waals surface area contributed by atoms with Gasteiger partial charge >= 0.3 is 12.0 Å². The van der Waals surface area contributed by atoms with E-state index in [1.54, 1.807) is 0 Å². The molecule has 5 nitrogen and oxygen atoms in total. The van der Waals surface area contributed by atoms with Crippen LogP contribution in [0.1, 0.15) is 71.6 Å². The second-order valence-electron chi connectivity index (χ2n) is 6.20. The Hall–Kier alpha value is -1.26. The second-order valence-corrected chi connectivity index (χ2v) is 6.20. The summed E-state index contributed by atoms with van der Waals surface area (Å²) >= 11 is 0. The Bertz CT molecular complexity index is 338. The van der Waals surface area contributed by atoms with Crippen molar-refractivity contribution >= 4 is 12.0 Å². The maximum absolute atomic E-state index is 12.0. The number of carboxylic acid groups (broad SMARTS) is 1. The van der Waals surface area contributed by atoms with Gasteiger partial charge in [0.15, 0.2) is 0 Å². The smallest absolute Gasteiger partial charge is 0.329 e. The molecule has 1 rings (SSSR count). The number of unbranched alkanes of at least 4 members (excludes halogenated alkanes) is 1. The topological polar surface area (TPSA) is 78.4 Å². The minimum Gasteiger partial charge on any atom is -0.480 e. The summed E-state index contributed by atoms with van der Waals surface area (Å²) in [5.41, 5.74) is -1.06. The van der Waals surface area contributed by atoms with Crippen LogP contribution in [0.25, 0.3) is 0 Å². The zero-order valence-electron chi connectivity index (χ0n) is 13.4. The predicted molar refractivity (Wildman–Crippen MR) is 83.3 cm³/mol. The van der Waals surface area contributed by atoms with Crippen LogP contribution in [-0.4, -0.2) is 29.2 Å². The Balaban J connectivity index is 2.45. The minimum absolute atomic E-state index is 0.339. The average Bonchev–Trinajstić information content (AvgIpc) is 2.48. The van der Waals surface area contributed by atoms with Crippen LogP contribution in [0.3, 0.4) is 0 Å². The zero-order chi connectivity index (χ0) is 15.7. The first-order valence-electron chi connectivity index (χ1n) is 8.33.